The highest BCUT2D eigenvalue weighted by Gasteiger charge is 2.50. The van der Waals surface area contributed by atoms with Gasteiger partial charge in [-0.1, -0.05) is 52.0 Å². The van der Waals surface area contributed by atoms with Crippen LogP contribution in [0.15, 0.2) is 36.0 Å². The molecular formula is C31H50O9. The number of allylic oxidation sites excluding steroid dienone is 2. The highest BCUT2D eigenvalue weighted by atomic mass is 16.6. The number of epoxide rings is 1. The number of hydrogen-bond acceptors (Lipinski definition) is 9. The standard InChI is InChI=1S/C31H50O9/c1-9-24(37-8)21(5)29-30(40-29)27(35)18(2)11-10-12-19(3)28-20(4)13-14-25(38-22(6)32)31(7,36)16-15-23(33)17-26(34)39-28/h10-14,18,20-21,23-25,27-30,33,35-36H,9,15-17H2,1-8H3/t18-,20+,21-,23-,24+,25+,27+,28?,29-,30-,31-/m1/s1. The number of cyclic esters (lactones) is 1. The number of esters is 2. The van der Waals surface area contributed by atoms with Crippen LogP contribution in [0.2, 0.25) is 0 Å². The summed E-state index contributed by atoms with van der Waals surface area (Å²) in [5.41, 5.74) is -0.666. The average molecular weight is 567 g/mol. The van der Waals surface area contributed by atoms with Gasteiger partial charge < -0.3 is 34.3 Å². The molecule has 2 aliphatic heterocycles. The number of hydrogen-bond donors (Lipinski definition) is 3. The number of carbonyl (C=O) groups is 2. The van der Waals surface area contributed by atoms with E-state index in [1.54, 1.807) is 26.2 Å². The third-order valence-corrected chi connectivity index (χ3v) is 8.09. The molecule has 0 amide bonds. The van der Waals surface area contributed by atoms with Crippen LogP contribution in [-0.4, -0.2) is 82.7 Å². The van der Waals surface area contributed by atoms with E-state index in [9.17, 15) is 24.9 Å². The number of aliphatic hydroxyl groups is 3. The molecule has 40 heavy (non-hydrogen) atoms. The third kappa shape index (κ3) is 9.80. The molecule has 11 atom stereocenters. The molecule has 3 N–H and O–H groups in total. The number of aliphatic hydroxyl groups excluding tert-OH is 2. The lowest BCUT2D eigenvalue weighted by Crippen LogP contribution is -2.42. The van der Waals surface area contributed by atoms with E-state index >= 15 is 0 Å². The van der Waals surface area contributed by atoms with Gasteiger partial charge in [-0.3, -0.25) is 9.59 Å². The summed E-state index contributed by atoms with van der Waals surface area (Å²) in [6.07, 6.45) is 6.42. The van der Waals surface area contributed by atoms with Gasteiger partial charge in [0.25, 0.3) is 0 Å². The van der Waals surface area contributed by atoms with Gasteiger partial charge in [0, 0.05) is 31.8 Å². The lowest BCUT2D eigenvalue weighted by Gasteiger charge is -2.32. The van der Waals surface area contributed by atoms with Gasteiger partial charge in [0.05, 0.1) is 30.8 Å². The molecule has 0 aromatic heterocycles. The molecule has 1 fully saturated rings. The minimum Gasteiger partial charge on any atom is -0.457 e. The van der Waals surface area contributed by atoms with Gasteiger partial charge in [0.1, 0.15) is 23.9 Å². The van der Waals surface area contributed by atoms with E-state index in [0.29, 0.717) is 0 Å². The van der Waals surface area contributed by atoms with Crippen molar-refractivity contribution < 1.29 is 43.9 Å². The lowest BCUT2D eigenvalue weighted by molar-refractivity contribution is -0.157. The van der Waals surface area contributed by atoms with Crippen molar-refractivity contribution in [2.24, 2.45) is 17.8 Å². The summed E-state index contributed by atoms with van der Waals surface area (Å²) in [6.45, 7) is 12.6. The van der Waals surface area contributed by atoms with E-state index in [2.05, 4.69) is 13.8 Å². The molecule has 9 nitrogen and oxygen atoms in total. The molecule has 2 heterocycles. The van der Waals surface area contributed by atoms with Crippen LogP contribution in [0.4, 0.5) is 0 Å². The molecule has 228 valence electrons. The molecule has 0 aromatic carbocycles. The van der Waals surface area contributed by atoms with Gasteiger partial charge in [-0.25, -0.2) is 0 Å². The minimum atomic E-state index is -1.42. The predicted molar refractivity (Wildman–Crippen MR) is 151 cm³/mol. The van der Waals surface area contributed by atoms with E-state index in [0.717, 1.165) is 12.0 Å². The van der Waals surface area contributed by atoms with E-state index < -0.39 is 42.0 Å². The van der Waals surface area contributed by atoms with Crippen molar-refractivity contribution in [3.8, 4) is 0 Å². The Bertz CT molecular complexity index is 920. The monoisotopic (exact) mass is 566 g/mol. The van der Waals surface area contributed by atoms with Crippen LogP contribution in [0.3, 0.4) is 0 Å². The predicted octanol–water partition coefficient (Wildman–Crippen LogP) is 3.65. The Morgan fingerprint density at radius 2 is 1.93 bits per heavy atom. The van der Waals surface area contributed by atoms with Crippen molar-refractivity contribution in [2.45, 2.75) is 122 Å². The fourth-order valence-electron chi connectivity index (χ4n) is 5.32. The molecule has 0 radical (unpaired) electrons. The number of ether oxygens (including phenoxy) is 4. The first-order valence-corrected chi connectivity index (χ1v) is 14.4. The minimum absolute atomic E-state index is 0.0387. The van der Waals surface area contributed by atoms with Crippen LogP contribution < -0.4 is 0 Å². The van der Waals surface area contributed by atoms with Crippen LogP contribution >= 0.6 is 0 Å². The van der Waals surface area contributed by atoms with Crippen molar-refractivity contribution in [3.05, 3.63) is 36.0 Å². The van der Waals surface area contributed by atoms with E-state index in [4.69, 9.17) is 18.9 Å². The van der Waals surface area contributed by atoms with Crippen molar-refractivity contribution >= 4 is 11.9 Å². The van der Waals surface area contributed by atoms with Crippen LogP contribution in [0.25, 0.3) is 0 Å². The average Bonchev–Trinajstić information content (AvgIpc) is 3.68. The van der Waals surface area contributed by atoms with E-state index in [1.807, 2.05) is 39.0 Å². The molecule has 2 aliphatic rings. The molecule has 1 saturated heterocycles. The molecule has 0 spiro atoms. The van der Waals surface area contributed by atoms with Gasteiger partial charge in [-0.15, -0.1) is 0 Å². The van der Waals surface area contributed by atoms with Crippen molar-refractivity contribution in [2.75, 3.05) is 7.11 Å². The SMILES string of the molecule is CC[C@H](OC)[C@@H](C)[C@H]1O[C@@H]1[C@@H](O)[C@H](C)C=CC=C(C)C1OC(=O)C[C@H](O)CC[C@@](C)(O)[C@@H](OC(C)=O)C=C[C@@H]1C. The second-order valence-electron chi connectivity index (χ2n) is 11.7. The Morgan fingerprint density at radius 3 is 2.52 bits per heavy atom. The second kappa shape index (κ2) is 15.3. The summed E-state index contributed by atoms with van der Waals surface area (Å²) in [4.78, 5) is 24.3. The molecular weight excluding hydrogens is 516 g/mol. The Labute approximate surface area is 239 Å². The van der Waals surface area contributed by atoms with Gasteiger partial charge in [-0.05, 0) is 44.8 Å². The Hall–Kier alpha value is -2.04. The Balaban J connectivity index is 2.16. The molecule has 0 bridgehead atoms. The maximum Gasteiger partial charge on any atom is 0.309 e. The summed E-state index contributed by atoms with van der Waals surface area (Å²) in [6, 6.07) is 0. The topological polar surface area (TPSA) is 135 Å². The van der Waals surface area contributed by atoms with Crippen molar-refractivity contribution in [3.63, 3.8) is 0 Å². The van der Waals surface area contributed by atoms with Gasteiger partial charge in [0.15, 0.2) is 0 Å². The van der Waals surface area contributed by atoms with Crippen LogP contribution in [0, 0.1) is 17.8 Å². The summed E-state index contributed by atoms with van der Waals surface area (Å²) < 4.78 is 22.5. The van der Waals surface area contributed by atoms with Crippen LogP contribution in [0.1, 0.15) is 74.1 Å². The fraction of sp³-hybridized carbons (Fsp3) is 0.742. The van der Waals surface area contributed by atoms with Gasteiger partial charge in [-0.2, -0.15) is 0 Å². The molecule has 2 rings (SSSR count). The van der Waals surface area contributed by atoms with Crippen LogP contribution in [-0.2, 0) is 28.5 Å². The Morgan fingerprint density at radius 1 is 1.25 bits per heavy atom. The smallest absolute Gasteiger partial charge is 0.309 e. The molecule has 0 saturated carbocycles. The second-order valence-corrected chi connectivity index (χ2v) is 11.7. The first-order chi connectivity index (χ1) is 18.7. The van der Waals surface area contributed by atoms with Crippen LogP contribution in [0.5, 0.6) is 0 Å². The maximum atomic E-state index is 12.6. The maximum absolute atomic E-state index is 12.6. The lowest BCUT2D eigenvalue weighted by atomic mass is 9.88. The van der Waals surface area contributed by atoms with Gasteiger partial charge in [0.2, 0.25) is 0 Å². The zero-order valence-corrected chi connectivity index (χ0v) is 25.3. The zero-order valence-electron chi connectivity index (χ0n) is 25.3. The summed E-state index contributed by atoms with van der Waals surface area (Å²) in [7, 11) is 1.69. The highest BCUT2D eigenvalue weighted by Crippen LogP contribution is 2.37. The van der Waals surface area contributed by atoms with E-state index in [-0.39, 0.29) is 55.3 Å². The van der Waals surface area contributed by atoms with E-state index in [1.165, 1.54) is 6.92 Å². The van der Waals surface area contributed by atoms with Crippen molar-refractivity contribution in [1.82, 2.24) is 0 Å². The number of rotatable bonds is 10. The quantitative estimate of drug-likeness (QED) is 0.157. The molecule has 0 aromatic rings. The number of methoxy groups -OCH3 is 1. The normalized spacial score (nSPS) is 35.2. The van der Waals surface area contributed by atoms with Crippen molar-refractivity contribution in [1.29, 1.82) is 0 Å². The first kappa shape index (κ1) is 34.2. The summed E-state index contributed by atoms with van der Waals surface area (Å²) in [5.74, 6) is -1.39. The molecule has 1 unspecified atom stereocenters. The summed E-state index contributed by atoms with van der Waals surface area (Å²) >= 11 is 0. The van der Waals surface area contributed by atoms with Gasteiger partial charge >= 0.3 is 11.9 Å². The largest absolute Gasteiger partial charge is 0.457 e. The summed E-state index contributed by atoms with van der Waals surface area (Å²) in [5, 5.41) is 32.2. The number of carbonyl (C=O) groups excluding carboxylic acids is 2. The zero-order chi connectivity index (χ0) is 30.2. The fourth-order valence-corrected chi connectivity index (χ4v) is 5.32. The third-order valence-electron chi connectivity index (χ3n) is 8.09. The molecule has 0 aliphatic carbocycles. The highest BCUT2D eigenvalue weighted by molar-refractivity contribution is 5.70. The first-order valence-electron chi connectivity index (χ1n) is 14.4. The Kier molecular flexibility index (Phi) is 13.0. The molecule has 9 heteroatoms.